The van der Waals surface area contributed by atoms with Crippen molar-refractivity contribution in [2.45, 2.75) is 43.1 Å². The number of aryl methyl sites for hydroxylation is 1. The van der Waals surface area contributed by atoms with E-state index in [1.54, 1.807) is 0 Å². The first-order valence-corrected chi connectivity index (χ1v) is 7.52. The maximum Gasteiger partial charge on any atom is 0.233 e. The van der Waals surface area contributed by atoms with Gasteiger partial charge in [0.05, 0.1) is 16.4 Å². The Kier molecular flexibility index (Phi) is 5.22. The highest BCUT2D eigenvalue weighted by Crippen LogP contribution is 2.21. The van der Waals surface area contributed by atoms with Crippen LogP contribution in [0.3, 0.4) is 0 Å². The van der Waals surface area contributed by atoms with Crippen molar-refractivity contribution in [3.05, 3.63) is 23.9 Å². The molecule has 2 atom stereocenters. The van der Waals surface area contributed by atoms with Crippen LogP contribution in [0, 0.1) is 6.92 Å². The van der Waals surface area contributed by atoms with Crippen LogP contribution >= 0.6 is 11.8 Å². The standard InChI is InChI=1S/C14H20N2O2S/c1-10-5-6-13(15-8-10)19-11(2)14(17)16-9-12-4-3-7-18-12/h5-6,8,11-12H,3-4,7,9H2,1-2H3,(H,16,17)/t11-,12+/m1/s1. The fraction of sp³-hybridized carbons (Fsp3) is 0.571. The monoisotopic (exact) mass is 280 g/mol. The number of amides is 1. The van der Waals surface area contributed by atoms with Gasteiger partial charge in [0.2, 0.25) is 5.91 Å². The maximum absolute atomic E-state index is 12.0. The Balaban J connectivity index is 1.76. The summed E-state index contributed by atoms with van der Waals surface area (Å²) in [6.45, 7) is 5.33. The van der Waals surface area contributed by atoms with E-state index in [0.29, 0.717) is 6.54 Å². The van der Waals surface area contributed by atoms with E-state index < -0.39 is 0 Å². The molecule has 0 unspecified atom stereocenters. The molecule has 1 aliphatic heterocycles. The molecule has 0 radical (unpaired) electrons. The summed E-state index contributed by atoms with van der Waals surface area (Å²) >= 11 is 1.48. The molecule has 104 valence electrons. The van der Waals surface area contributed by atoms with Crippen LogP contribution in [0.2, 0.25) is 0 Å². The van der Waals surface area contributed by atoms with E-state index in [-0.39, 0.29) is 17.3 Å². The highest BCUT2D eigenvalue weighted by atomic mass is 32.2. The third-order valence-electron chi connectivity index (χ3n) is 3.08. The first-order valence-electron chi connectivity index (χ1n) is 6.64. The first kappa shape index (κ1) is 14.3. The Bertz CT molecular complexity index is 416. The van der Waals surface area contributed by atoms with Gasteiger partial charge in [0, 0.05) is 19.3 Å². The summed E-state index contributed by atoms with van der Waals surface area (Å²) in [5, 5.41) is 3.68. The lowest BCUT2D eigenvalue weighted by molar-refractivity contribution is -0.120. The van der Waals surface area contributed by atoms with Crippen molar-refractivity contribution in [2.24, 2.45) is 0 Å². The fourth-order valence-electron chi connectivity index (χ4n) is 1.92. The third kappa shape index (κ3) is 4.51. The van der Waals surface area contributed by atoms with E-state index in [1.165, 1.54) is 11.8 Å². The van der Waals surface area contributed by atoms with Gasteiger partial charge < -0.3 is 10.1 Å². The minimum atomic E-state index is -0.142. The number of nitrogens with zero attached hydrogens (tertiary/aromatic N) is 1. The summed E-state index contributed by atoms with van der Waals surface area (Å²) in [5.41, 5.74) is 1.12. The Morgan fingerprint density at radius 2 is 2.47 bits per heavy atom. The lowest BCUT2D eigenvalue weighted by Crippen LogP contribution is -2.36. The molecule has 4 nitrogen and oxygen atoms in total. The molecular formula is C14H20N2O2S. The number of carbonyl (C=O) groups excluding carboxylic acids is 1. The molecule has 1 aliphatic rings. The molecule has 0 aliphatic carbocycles. The first-order chi connectivity index (χ1) is 9.15. The van der Waals surface area contributed by atoms with Crippen molar-refractivity contribution in [3.8, 4) is 0 Å². The topological polar surface area (TPSA) is 51.2 Å². The normalized spacial score (nSPS) is 20.2. The summed E-state index contributed by atoms with van der Waals surface area (Å²) in [7, 11) is 0. The predicted molar refractivity (Wildman–Crippen MR) is 76.3 cm³/mol. The van der Waals surface area contributed by atoms with Crippen molar-refractivity contribution in [2.75, 3.05) is 13.2 Å². The fourth-order valence-corrected chi connectivity index (χ4v) is 2.73. The van der Waals surface area contributed by atoms with E-state index in [2.05, 4.69) is 10.3 Å². The molecule has 1 amide bonds. The Morgan fingerprint density at radius 3 is 3.11 bits per heavy atom. The van der Waals surface area contributed by atoms with Crippen LogP contribution in [0.5, 0.6) is 0 Å². The van der Waals surface area contributed by atoms with Gasteiger partial charge in [-0.25, -0.2) is 4.98 Å². The van der Waals surface area contributed by atoms with E-state index in [9.17, 15) is 4.79 Å². The second-order valence-electron chi connectivity index (χ2n) is 4.81. The number of carbonyl (C=O) groups is 1. The zero-order valence-corrected chi connectivity index (χ0v) is 12.2. The molecular weight excluding hydrogens is 260 g/mol. The molecule has 0 aromatic carbocycles. The molecule has 1 saturated heterocycles. The molecule has 19 heavy (non-hydrogen) atoms. The van der Waals surface area contributed by atoms with E-state index >= 15 is 0 Å². The highest BCUT2D eigenvalue weighted by Gasteiger charge is 2.19. The second kappa shape index (κ2) is 6.91. The molecule has 1 fully saturated rings. The zero-order valence-electron chi connectivity index (χ0n) is 11.4. The summed E-state index contributed by atoms with van der Waals surface area (Å²) in [6, 6.07) is 3.95. The highest BCUT2D eigenvalue weighted by molar-refractivity contribution is 8.00. The largest absolute Gasteiger partial charge is 0.376 e. The number of rotatable bonds is 5. The number of pyridine rings is 1. The number of ether oxygens (including phenoxy) is 1. The van der Waals surface area contributed by atoms with Gasteiger partial charge in [-0.2, -0.15) is 0 Å². The van der Waals surface area contributed by atoms with Crippen LogP contribution in [-0.2, 0) is 9.53 Å². The lowest BCUT2D eigenvalue weighted by Gasteiger charge is -2.14. The van der Waals surface area contributed by atoms with Gasteiger partial charge in [-0.05, 0) is 38.3 Å². The maximum atomic E-state index is 12.0. The second-order valence-corrected chi connectivity index (χ2v) is 6.18. The molecule has 0 spiro atoms. The van der Waals surface area contributed by atoms with Crippen LogP contribution in [0.1, 0.15) is 25.3 Å². The molecule has 0 bridgehead atoms. The molecule has 5 heteroatoms. The SMILES string of the molecule is Cc1ccc(S[C@H](C)C(=O)NC[C@@H]2CCCO2)nc1. The van der Waals surface area contributed by atoms with Gasteiger partial charge in [0.15, 0.2) is 0 Å². The van der Waals surface area contributed by atoms with Crippen molar-refractivity contribution in [3.63, 3.8) is 0 Å². The van der Waals surface area contributed by atoms with Crippen LogP contribution < -0.4 is 5.32 Å². The van der Waals surface area contributed by atoms with E-state index in [1.807, 2.05) is 32.2 Å². The van der Waals surface area contributed by atoms with Crippen molar-refractivity contribution >= 4 is 17.7 Å². The van der Waals surface area contributed by atoms with Crippen LogP contribution in [0.15, 0.2) is 23.4 Å². The number of hydrogen-bond acceptors (Lipinski definition) is 4. The van der Waals surface area contributed by atoms with Crippen molar-refractivity contribution in [1.82, 2.24) is 10.3 Å². The van der Waals surface area contributed by atoms with Gasteiger partial charge in [-0.15, -0.1) is 0 Å². The lowest BCUT2D eigenvalue weighted by atomic mass is 10.2. The smallest absolute Gasteiger partial charge is 0.233 e. The predicted octanol–water partition coefficient (Wildman–Crippen LogP) is 2.17. The number of thioether (sulfide) groups is 1. The quantitative estimate of drug-likeness (QED) is 0.840. The minimum absolute atomic E-state index is 0.0443. The summed E-state index contributed by atoms with van der Waals surface area (Å²) < 4.78 is 5.48. The Hall–Kier alpha value is -1.07. The number of hydrogen-bond donors (Lipinski definition) is 1. The third-order valence-corrected chi connectivity index (χ3v) is 4.13. The molecule has 1 aromatic rings. The van der Waals surface area contributed by atoms with Gasteiger partial charge in [-0.1, -0.05) is 17.8 Å². The molecule has 1 N–H and O–H groups in total. The van der Waals surface area contributed by atoms with Crippen molar-refractivity contribution in [1.29, 1.82) is 0 Å². The van der Waals surface area contributed by atoms with E-state index in [4.69, 9.17) is 4.74 Å². The van der Waals surface area contributed by atoms with Crippen LogP contribution in [-0.4, -0.2) is 35.4 Å². The summed E-state index contributed by atoms with van der Waals surface area (Å²) in [5.74, 6) is 0.0443. The molecule has 0 saturated carbocycles. The van der Waals surface area contributed by atoms with E-state index in [0.717, 1.165) is 30.0 Å². The summed E-state index contributed by atoms with van der Waals surface area (Å²) in [4.78, 5) is 16.3. The average molecular weight is 280 g/mol. The van der Waals surface area contributed by atoms with Gasteiger partial charge in [0.25, 0.3) is 0 Å². The van der Waals surface area contributed by atoms with Gasteiger partial charge in [0.1, 0.15) is 0 Å². The Labute approximate surface area is 118 Å². The molecule has 1 aromatic heterocycles. The van der Waals surface area contributed by atoms with Gasteiger partial charge >= 0.3 is 0 Å². The van der Waals surface area contributed by atoms with Crippen LogP contribution in [0.4, 0.5) is 0 Å². The molecule has 2 rings (SSSR count). The zero-order chi connectivity index (χ0) is 13.7. The van der Waals surface area contributed by atoms with Gasteiger partial charge in [-0.3, -0.25) is 4.79 Å². The van der Waals surface area contributed by atoms with Crippen LogP contribution in [0.25, 0.3) is 0 Å². The van der Waals surface area contributed by atoms with Crippen molar-refractivity contribution < 1.29 is 9.53 Å². The molecule has 2 heterocycles. The number of nitrogens with one attached hydrogen (secondary N) is 1. The minimum Gasteiger partial charge on any atom is -0.376 e. The summed E-state index contributed by atoms with van der Waals surface area (Å²) in [6.07, 6.45) is 4.15. The number of aromatic nitrogens is 1. The Morgan fingerprint density at radius 1 is 1.63 bits per heavy atom. The average Bonchev–Trinajstić information content (AvgIpc) is 2.91.